The summed E-state index contributed by atoms with van der Waals surface area (Å²) >= 11 is 0. The van der Waals surface area contributed by atoms with Crippen LogP contribution in [0.2, 0.25) is 0 Å². The molecule has 1 aliphatic heterocycles. The molecule has 1 aliphatic rings. The fraction of sp³-hybridized carbons (Fsp3) is 0.500. The Labute approximate surface area is 92.9 Å². The Hall–Kier alpha value is -1.69. The number of aromatic amines is 1. The summed E-state index contributed by atoms with van der Waals surface area (Å²) in [6, 6.07) is 0.495. The third-order valence-electron chi connectivity index (χ3n) is 2.93. The molecule has 2 aromatic heterocycles. The second kappa shape index (κ2) is 4.05. The molecule has 16 heavy (non-hydrogen) atoms. The molecule has 0 saturated carbocycles. The van der Waals surface area contributed by atoms with Gasteiger partial charge in [0.15, 0.2) is 5.65 Å². The standard InChI is InChI=1S/C10H14N6/c1-3-11-4-2-7(1)15-9-8-5-14-16-10(8)13-6-12-9/h5-7,11H,1-4H2,(H2,12,13,14,15,16). The number of nitrogens with zero attached hydrogens (tertiary/aromatic N) is 3. The van der Waals surface area contributed by atoms with Gasteiger partial charge in [-0.1, -0.05) is 0 Å². The predicted octanol–water partition coefficient (Wildman–Crippen LogP) is 0.517. The quantitative estimate of drug-likeness (QED) is 0.684. The SMILES string of the molecule is c1nc(NC2CCNCC2)c2cn[nH]c2n1. The lowest BCUT2D eigenvalue weighted by Gasteiger charge is -2.24. The van der Waals surface area contributed by atoms with E-state index in [0.29, 0.717) is 6.04 Å². The van der Waals surface area contributed by atoms with E-state index in [1.54, 1.807) is 12.5 Å². The van der Waals surface area contributed by atoms with Crippen LogP contribution in [0.15, 0.2) is 12.5 Å². The Balaban J connectivity index is 1.85. The topological polar surface area (TPSA) is 78.5 Å². The summed E-state index contributed by atoms with van der Waals surface area (Å²) in [5, 5.41) is 14.6. The van der Waals surface area contributed by atoms with Crippen molar-refractivity contribution in [3.63, 3.8) is 0 Å². The van der Waals surface area contributed by atoms with Gasteiger partial charge in [-0.15, -0.1) is 0 Å². The Bertz CT molecular complexity index is 473. The summed E-state index contributed by atoms with van der Waals surface area (Å²) in [4.78, 5) is 8.38. The van der Waals surface area contributed by atoms with E-state index in [1.165, 1.54) is 0 Å². The average molecular weight is 218 g/mol. The molecule has 3 heterocycles. The minimum atomic E-state index is 0.495. The molecule has 0 bridgehead atoms. The first kappa shape index (κ1) is 9.53. The first-order chi connectivity index (χ1) is 7.93. The zero-order valence-corrected chi connectivity index (χ0v) is 8.90. The lowest BCUT2D eigenvalue weighted by molar-refractivity contribution is 0.478. The number of piperidine rings is 1. The van der Waals surface area contributed by atoms with Crippen LogP contribution in [0, 0.1) is 0 Å². The van der Waals surface area contributed by atoms with Crippen molar-refractivity contribution < 1.29 is 0 Å². The van der Waals surface area contributed by atoms with E-state index in [1.807, 2.05) is 0 Å². The highest BCUT2D eigenvalue weighted by atomic mass is 15.2. The highest BCUT2D eigenvalue weighted by Gasteiger charge is 2.14. The number of H-pyrrole nitrogens is 1. The van der Waals surface area contributed by atoms with E-state index in [0.717, 1.165) is 42.8 Å². The van der Waals surface area contributed by atoms with Crippen LogP contribution >= 0.6 is 0 Å². The lowest BCUT2D eigenvalue weighted by atomic mass is 10.1. The molecular formula is C10H14N6. The van der Waals surface area contributed by atoms with Crippen LogP contribution in [0.4, 0.5) is 5.82 Å². The molecule has 1 fully saturated rings. The summed E-state index contributed by atoms with van der Waals surface area (Å²) in [6.45, 7) is 2.13. The van der Waals surface area contributed by atoms with Gasteiger partial charge >= 0.3 is 0 Å². The Kier molecular flexibility index (Phi) is 2.41. The number of hydrogen-bond donors (Lipinski definition) is 3. The summed E-state index contributed by atoms with van der Waals surface area (Å²) in [6.07, 6.45) is 5.58. The molecule has 6 heteroatoms. The average Bonchev–Trinajstić information content (AvgIpc) is 2.80. The first-order valence-corrected chi connectivity index (χ1v) is 5.55. The van der Waals surface area contributed by atoms with Crippen LogP contribution in [0.5, 0.6) is 0 Å². The second-order valence-corrected chi connectivity index (χ2v) is 4.02. The molecule has 0 aromatic carbocycles. The van der Waals surface area contributed by atoms with Crippen molar-refractivity contribution in [3.8, 4) is 0 Å². The Morgan fingerprint density at radius 2 is 2.12 bits per heavy atom. The number of anilines is 1. The zero-order valence-electron chi connectivity index (χ0n) is 8.90. The molecule has 3 N–H and O–H groups in total. The molecule has 0 aliphatic carbocycles. The summed E-state index contributed by atoms with van der Waals surface area (Å²) in [5.74, 6) is 0.880. The van der Waals surface area contributed by atoms with Gasteiger partial charge in [-0.25, -0.2) is 9.97 Å². The molecule has 0 atom stereocenters. The molecule has 0 amide bonds. The number of aromatic nitrogens is 4. The summed E-state index contributed by atoms with van der Waals surface area (Å²) in [7, 11) is 0. The van der Waals surface area contributed by atoms with Gasteiger partial charge in [0.2, 0.25) is 0 Å². The van der Waals surface area contributed by atoms with E-state index in [4.69, 9.17) is 0 Å². The molecule has 6 nitrogen and oxygen atoms in total. The minimum absolute atomic E-state index is 0.495. The van der Waals surface area contributed by atoms with Crippen molar-refractivity contribution in [2.75, 3.05) is 18.4 Å². The fourth-order valence-corrected chi connectivity index (χ4v) is 2.04. The van der Waals surface area contributed by atoms with Crippen LogP contribution in [0.1, 0.15) is 12.8 Å². The maximum absolute atomic E-state index is 4.27. The highest BCUT2D eigenvalue weighted by molar-refractivity contribution is 5.85. The fourth-order valence-electron chi connectivity index (χ4n) is 2.04. The van der Waals surface area contributed by atoms with Gasteiger partial charge < -0.3 is 10.6 Å². The van der Waals surface area contributed by atoms with E-state index in [-0.39, 0.29) is 0 Å². The minimum Gasteiger partial charge on any atom is -0.367 e. The van der Waals surface area contributed by atoms with Crippen molar-refractivity contribution >= 4 is 16.9 Å². The van der Waals surface area contributed by atoms with Gasteiger partial charge in [0.25, 0.3) is 0 Å². The Morgan fingerprint density at radius 3 is 3.00 bits per heavy atom. The van der Waals surface area contributed by atoms with Crippen LogP contribution in [-0.2, 0) is 0 Å². The van der Waals surface area contributed by atoms with Crippen LogP contribution < -0.4 is 10.6 Å². The van der Waals surface area contributed by atoms with Gasteiger partial charge in [-0.3, -0.25) is 5.10 Å². The molecule has 2 aromatic rings. The normalized spacial score (nSPS) is 17.8. The summed E-state index contributed by atoms with van der Waals surface area (Å²) < 4.78 is 0. The third-order valence-corrected chi connectivity index (χ3v) is 2.93. The van der Waals surface area contributed by atoms with Crippen molar-refractivity contribution in [1.82, 2.24) is 25.5 Å². The van der Waals surface area contributed by atoms with Gasteiger partial charge in [0, 0.05) is 6.04 Å². The van der Waals surface area contributed by atoms with Gasteiger partial charge in [0.1, 0.15) is 12.1 Å². The Morgan fingerprint density at radius 1 is 1.25 bits per heavy atom. The van der Waals surface area contributed by atoms with Crippen molar-refractivity contribution in [3.05, 3.63) is 12.5 Å². The zero-order chi connectivity index (χ0) is 10.8. The van der Waals surface area contributed by atoms with Crippen molar-refractivity contribution in [1.29, 1.82) is 0 Å². The maximum Gasteiger partial charge on any atom is 0.160 e. The smallest absolute Gasteiger partial charge is 0.160 e. The van der Waals surface area contributed by atoms with E-state index in [2.05, 4.69) is 30.8 Å². The van der Waals surface area contributed by atoms with Gasteiger partial charge in [-0.05, 0) is 25.9 Å². The number of nitrogens with one attached hydrogen (secondary N) is 3. The third kappa shape index (κ3) is 1.71. The molecule has 0 spiro atoms. The monoisotopic (exact) mass is 218 g/mol. The van der Waals surface area contributed by atoms with Crippen LogP contribution in [0.25, 0.3) is 11.0 Å². The van der Waals surface area contributed by atoms with Gasteiger partial charge in [-0.2, -0.15) is 5.10 Å². The van der Waals surface area contributed by atoms with Crippen molar-refractivity contribution in [2.24, 2.45) is 0 Å². The molecule has 84 valence electrons. The molecule has 0 unspecified atom stereocenters. The first-order valence-electron chi connectivity index (χ1n) is 5.55. The predicted molar refractivity (Wildman–Crippen MR) is 61.2 cm³/mol. The molecule has 0 radical (unpaired) electrons. The largest absolute Gasteiger partial charge is 0.367 e. The molecule has 3 rings (SSSR count). The van der Waals surface area contributed by atoms with Crippen LogP contribution in [0.3, 0.4) is 0 Å². The summed E-state index contributed by atoms with van der Waals surface area (Å²) in [5.41, 5.74) is 0.784. The molecule has 1 saturated heterocycles. The van der Waals surface area contributed by atoms with Crippen molar-refractivity contribution in [2.45, 2.75) is 18.9 Å². The maximum atomic E-state index is 4.27. The van der Waals surface area contributed by atoms with E-state index >= 15 is 0 Å². The lowest BCUT2D eigenvalue weighted by Crippen LogP contribution is -2.35. The van der Waals surface area contributed by atoms with Gasteiger partial charge in [0.05, 0.1) is 11.6 Å². The van der Waals surface area contributed by atoms with E-state index in [9.17, 15) is 0 Å². The number of rotatable bonds is 2. The highest BCUT2D eigenvalue weighted by Crippen LogP contribution is 2.18. The number of fused-ring (bicyclic) bond motifs is 1. The molecular weight excluding hydrogens is 204 g/mol. The second-order valence-electron chi connectivity index (χ2n) is 4.02. The van der Waals surface area contributed by atoms with E-state index < -0.39 is 0 Å². The van der Waals surface area contributed by atoms with Crippen LogP contribution in [-0.4, -0.2) is 39.3 Å². The number of hydrogen-bond acceptors (Lipinski definition) is 5.